The molecule has 0 aliphatic carbocycles. The molecule has 0 aliphatic rings. The van der Waals surface area contributed by atoms with Crippen LogP contribution in [0.5, 0.6) is 0 Å². The molecule has 1 aromatic rings. The Kier molecular flexibility index (Phi) is 4.29. The Labute approximate surface area is 90.4 Å². The summed E-state index contributed by atoms with van der Waals surface area (Å²) in [5.41, 5.74) is 1.79. The molecular weight excluding hydrogens is 188 g/mol. The summed E-state index contributed by atoms with van der Waals surface area (Å²) in [7, 11) is 0. The molecule has 0 radical (unpaired) electrons. The number of hydrogen-bond acceptors (Lipinski definition) is 3. The second kappa shape index (κ2) is 5.50. The van der Waals surface area contributed by atoms with Crippen LogP contribution in [0.4, 0.5) is 0 Å². The van der Waals surface area contributed by atoms with Crippen LogP contribution in [0.25, 0.3) is 0 Å². The zero-order valence-corrected chi connectivity index (χ0v) is 9.07. The van der Waals surface area contributed by atoms with Crippen LogP contribution in [0.1, 0.15) is 31.0 Å². The fourth-order valence-electron chi connectivity index (χ4n) is 1.42. The maximum Gasteiger partial charge on any atom is 0.0991 e. The van der Waals surface area contributed by atoms with E-state index in [9.17, 15) is 0 Å². The first-order valence-electron chi connectivity index (χ1n) is 5.04. The van der Waals surface area contributed by atoms with Crippen molar-refractivity contribution >= 4 is 0 Å². The molecule has 2 N–H and O–H groups in total. The molecule has 0 amide bonds. The number of nitrogens with zero attached hydrogens (tertiary/aromatic N) is 1. The summed E-state index contributed by atoms with van der Waals surface area (Å²) < 4.78 is 0. The van der Waals surface area contributed by atoms with Crippen molar-refractivity contribution in [3.8, 4) is 6.07 Å². The molecule has 0 aliphatic heterocycles. The van der Waals surface area contributed by atoms with Crippen LogP contribution >= 0.6 is 0 Å². The van der Waals surface area contributed by atoms with Gasteiger partial charge in [-0.3, -0.25) is 0 Å². The molecule has 0 aromatic heterocycles. The Morgan fingerprint density at radius 3 is 2.40 bits per heavy atom. The number of aliphatic hydroxyl groups excluding tert-OH is 1. The van der Waals surface area contributed by atoms with Crippen molar-refractivity contribution in [3.05, 3.63) is 35.4 Å². The zero-order chi connectivity index (χ0) is 11.3. The summed E-state index contributed by atoms with van der Waals surface area (Å²) in [6, 6.07) is 9.81. The van der Waals surface area contributed by atoms with Gasteiger partial charge in [-0.2, -0.15) is 5.26 Å². The lowest BCUT2D eigenvalue weighted by atomic mass is 10.1. The Bertz CT molecular complexity index is 340. The molecule has 0 heterocycles. The van der Waals surface area contributed by atoms with Crippen molar-refractivity contribution in [2.24, 2.45) is 0 Å². The monoisotopic (exact) mass is 204 g/mol. The van der Waals surface area contributed by atoms with E-state index in [0.717, 1.165) is 5.56 Å². The maximum absolute atomic E-state index is 8.91. The molecule has 2 atom stereocenters. The fourth-order valence-corrected chi connectivity index (χ4v) is 1.42. The summed E-state index contributed by atoms with van der Waals surface area (Å²) in [6.45, 7) is 4.09. The number of nitrogens with one attached hydrogen (secondary N) is 1. The van der Waals surface area contributed by atoms with E-state index in [-0.39, 0.29) is 18.7 Å². The highest BCUT2D eigenvalue weighted by molar-refractivity contribution is 5.32. The first-order chi connectivity index (χ1) is 7.17. The van der Waals surface area contributed by atoms with Crippen molar-refractivity contribution in [1.82, 2.24) is 5.32 Å². The Balaban J connectivity index is 2.66. The van der Waals surface area contributed by atoms with E-state index >= 15 is 0 Å². The van der Waals surface area contributed by atoms with E-state index in [0.29, 0.717) is 5.56 Å². The Morgan fingerprint density at radius 2 is 1.93 bits per heavy atom. The van der Waals surface area contributed by atoms with Crippen LogP contribution in [-0.4, -0.2) is 17.8 Å². The summed E-state index contributed by atoms with van der Waals surface area (Å²) >= 11 is 0. The van der Waals surface area contributed by atoms with E-state index in [2.05, 4.69) is 11.4 Å². The number of benzene rings is 1. The highest BCUT2D eigenvalue weighted by Crippen LogP contribution is 2.13. The van der Waals surface area contributed by atoms with Crippen LogP contribution in [0.3, 0.4) is 0 Å². The third-order valence-electron chi connectivity index (χ3n) is 2.35. The minimum absolute atomic E-state index is 0.0793. The molecule has 0 saturated heterocycles. The molecular formula is C12H16N2O. The van der Waals surface area contributed by atoms with Gasteiger partial charge < -0.3 is 10.4 Å². The summed E-state index contributed by atoms with van der Waals surface area (Å²) in [5, 5.41) is 20.8. The minimum Gasteiger partial charge on any atom is -0.395 e. The van der Waals surface area contributed by atoms with Gasteiger partial charge in [0, 0.05) is 12.1 Å². The molecule has 0 unspecified atom stereocenters. The summed E-state index contributed by atoms with van der Waals surface area (Å²) in [5.74, 6) is 0. The van der Waals surface area contributed by atoms with Gasteiger partial charge in [0.05, 0.1) is 18.2 Å². The summed E-state index contributed by atoms with van der Waals surface area (Å²) in [6.07, 6.45) is 0. The first kappa shape index (κ1) is 11.7. The van der Waals surface area contributed by atoms with Gasteiger partial charge >= 0.3 is 0 Å². The van der Waals surface area contributed by atoms with E-state index in [1.807, 2.05) is 26.0 Å². The van der Waals surface area contributed by atoms with Crippen LogP contribution in [0.15, 0.2) is 24.3 Å². The third-order valence-corrected chi connectivity index (χ3v) is 2.35. The molecule has 1 aromatic carbocycles. The van der Waals surface area contributed by atoms with Gasteiger partial charge in [-0.1, -0.05) is 12.1 Å². The maximum atomic E-state index is 8.91. The van der Waals surface area contributed by atoms with Gasteiger partial charge in [-0.25, -0.2) is 0 Å². The third kappa shape index (κ3) is 3.35. The SMILES string of the molecule is C[C@H](N[C@@H](C)CO)c1ccc(C#N)cc1. The molecule has 0 saturated carbocycles. The average Bonchev–Trinajstić information content (AvgIpc) is 2.29. The predicted molar refractivity (Wildman–Crippen MR) is 59.3 cm³/mol. The number of nitriles is 1. The molecule has 0 fully saturated rings. The largest absolute Gasteiger partial charge is 0.395 e. The molecule has 15 heavy (non-hydrogen) atoms. The standard InChI is InChI=1S/C12H16N2O/c1-9(8-15)14-10(2)12-5-3-11(7-13)4-6-12/h3-6,9-10,14-15H,8H2,1-2H3/t9-,10-/m0/s1. The van der Waals surface area contributed by atoms with Crippen LogP contribution in [0, 0.1) is 11.3 Å². The van der Waals surface area contributed by atoms with Gasteiger partial charge in [-0.15, -0.1) is 0 Å². The lowest BCUT2D eigenvalue weighted by Gasteiger charge is -2.18. The van der Waals surface area contributed by atoms with E-state index < -0.39 is 0 Å². The van der Waals surface area contributed by atoms with E-state index in [1.54, 1.807) is 12.1 Å². The lowest BCUT2D eigenvalue weighted by Crippen LogP contribution is -2.31. The molecule has 80 valence electrons. The highest BCUT2D eigenvalue weighted by Gasteiger charge is 2.08. The highest BCUT2D eigenvalue weighted by atomic mass is 16.3. The smallest absolute Gasteiger partial charge is 0.0991 e. The van der Waals surface area contributed by atoms with Crippen LogP contribution in [-0.2, 0) is 0 Å². The number of rotatable bonds is 4. The van der Waals surface area contributed by atoms with Crippen LogP contribution < -0.4 is 5.32 Å². The molecule has 3 nitrogen and oxygen atoms in total. The number of aliphatic hydroxyl groups is 1. The van der Waals surface area contributed by atoms with Gasteiger partial charge in [0.1, 0.15) is 0 Å². The van der Waals surface area contributed by atoms with Gasteiger partial charge in [0.2, 0.25) is 0 Å². The van der Waals surface area contributed by atoms with Crippen molar-refractivity contribution < 1.29 is 5.11 Å². The van der Waals surface area contributed by atoms with Gasteiger partial charge in [0.25, 0.3) is 0 Å². The Morgan fingerprint density at radius 1 is 1.33 bits per heavy atom. The van der Waals surface area contributed by atoms with Crippen molar-refractivity contribution in [2.45, 2.75) is 25.9 Å². The molecule has 3 heteroatoms. The first-order valence-corrected chi connectivity index (χ1v) is 5.04. The van der Waals surface area contributed by atoms with Gasteiger partial charge in [-0.05, 0) is 31.5 Å². The van der Waals surface area contributed by atoms with Crippen molar-refractivity contribution in [3.63, 3.8) is 0 Å². The van der Waals surface area contributed by atoms with E-state index in [1.165, 1.54) is 0 Å². The minimum atomic E-state index is 0.0793. The second-order valence-corrected chi connectivity index (χ2v) is 3.71. The van der Waals surface area contributed by atoms with Crippen molar-refractivity contribution in [2.75, 3.05) is 6.61 Å². The van der Waals surface area contributed by atoms with Crippen molar-refractivity contribution in [1.29, 1.82) is 5.26 Å². The lowest BCUT2D eigenvalue weighted by molar-refractivity contribution is 0.243. The Hall–Kier alpha value is -1.37. The normalized spacial score (nSPS) is 14.3. The predicted octanol–water partition coefficient (Wildman–Crippen LogP) is 1.59. The average molecular weight is 204 g/mol. The molecule has 0 spiro atoms. The molecule has 1 rings (SSSR count). The topological polar surface area (TPSA) is 56.0 Å². The summed E-state index contributed by atoms with van der Waals surface area (Å²) in [4.78, 5) is 0. The number of hydrogen-bond donors (Lipinski definition) is 2. The second-order valence-electron chi connectivity index (χ2n) is 3.71. The van der Waals surface area contributed by atoms with Gasteiger partial charge in [0.15, 0.2) is 0 Å². The quantitative estimate of drug-likeness (QED) is 0.783. The van der Waals surface area contributed by atoms with E-state index in [4.69, 9.17) is 10.4 Å². The van der Waals surface area contributed by atoms with Crippen LogP contribution in [0.2, 0.25) is 0 Å². The molecule has 0 bridgehead atoms. The zero-order valence-electron chi connectivity index (χ0n) is 9.07. The fraction of sp³-hybridized carbons (Fsp3) is 0.417.